The Hall–Kier alpha value is -2.60. The van der Waals surface area contributed by atoms with Gasteiger partial charge in [0.25, 0.3) is 0 Å². The maximum atomic E-state index is 4.95. The standard InChI is InChI=1S/C18H15N5S/c1-2-13(8-19-7-1)18-20-10-15(24-18)14-6-5-11-3-4-12-9-21-23-17(12)16(11)22-14/h1-2,5-10,12,17,23H,3-4H2. The lowest BCUT2D eigenvalue weighted by Gasteiger charge is -2.26. The minimum atomic E-state index is 0.222. The molecule has 6 heteroatoms. The van der Waals surface area contributed by atoms with Gasteiger partial charge in [0.2, 0.25) is 0 Å². The molecule has 0 spiro atoms. The van der Waals surface area contributed by atoms with E-state index < -0.39 is 0 Å². The first-order valence-corrected chi connectivity index (χ1v) is 8.85. The fourth-order valence-electron chi connectivity index (χ4n) is 3.37. The Morgan fingerprint density at radius 2 is 2.17 bits per heavy atom. The molecule has 0 saturated heterocycles. The minimum Gasteiger partial charge on any atom is -0.301 e. The van der Waals surface area contributed by atoms with Gasteiger partial charge in [-0.3, -0.25) is 4.98 Å². The second kappa shape index (κ2) is 5.49. The van der Waals surface area contributed by atoms with E-state index in [-0.39, 0.29) is 6.04 Å². The Balaban J connectivity index is 1.52. The zero-order chi connectivity index (χ0) is 15.9. The quantitative estimate of drug-likeness (QED) is 0.780. The van der Waals surface area contributed by atoms with Crippen LogP contribution in [0.4, 0.5) is 0 Å². The van der Waals surface area contributed by atoms with Crippen LogP contribution in [0.15, 0.2) is 48.0 Å². The largest absolute Gasteiger partial charge is 0.301 e. The van der Waals surface area contributed by atoms with E-state index in [0.29, 0.717) is 5.92 Å². The first-order chi connectivity index (χ1) is 11.9. The van der Waals surface area contributed by atoms with E-state index in [1.54, 1.807) is 17.5 Å². The number of aromatic nitrogens is 3. The molecular formula is C18H15N5S. The Kier molecular flexibility index (Phi) is 3.16. The van der Waals surface area contributed by atoms with Crippen LogP contribution in [0.25, 0.3) is 21.1 Å². The summed E-state index contributed by atoms with van der Waals surface area (Å²) in [6, 6.07) is 8.49. The molecule has 5 nitrogen and oxygen atoms in total. The van der Waals surface area contributed by atoms with Crippen LogP contribution in [0.2, 0.25) is 0 Å². The van der Waals surface area contributed by atoms with Crippen LogP contribution in [0.1, 0.15) is 23.7 Å². The van der Waals surface area contributed by atoms with Crippen LogP contribution in [0.3, 0.4) is 0 Å². The molecule has 2 unspecified atom stereocenters. The molecule has 0 fully saturated rings. The van der Waals surface area contributed by atoms with E-state index in [2.05, 4.69) is 32.6 Å². The lowest BCUT2D eigenvalue weighted by atomic mass is 9.84. The third-order valence-corrected chi connectivity index (χ3v) is 5.70. The predicted octanol–water partition coefficient (Wildman–Crippen LogP) is 3.46. The number of pyridine rings is 2. The van der Waals surface area contributed by atoms with Crippen molar-refractivity contribution < 1.29 is 0 Å². The van der Waals surface area contributed by atoms with Crippen molar-refractivity contribution in [3.05, 3.63) is 54.1 Å². The highest BCUT2D eigenvalue weighted by atomic mass is 32.1. The highest BCUT2D eigenvalue weighted by molar-refractivity contribution is 7.18. The van der Waals surface area contributed by atoms with Crippen molar-refractivity contribution in [3.63, 3.8) is 0 Å². The molecule has 0 saturated carbocycles. The summed E-state index contributed by atoms with van der Waals surface area (Å²) in [4.78, 5) is 14.7. The number of hydrazone groups is 1. The molecular weight excluding hydrogens is 318 g/mol. The normalized spacial score (nSPS) is 21.2. The molecule has 118 valence electrons. The Bertz CT molecular complexity index is 918. The van der Waals surface area contributed by atoms with Crippen molar-refractivity contribution in [1.29, 1.82) is 0 Å². The van der Waals surface area contributed by atoms with Crippen LogP contribution >= 0.6 is 11.3 Å². The number of aryl methyl sites for hydroxylation is 1. The maximum absolute atomic E-state index is 4.95. The lowest BCUT2D eigenvalue weighted by molar-refractivity contribution is 0.435. The summed E-state index contributed by atoms with van der Waals surface area (Å²) in [5, 5.41) is 5.21. The first-order valence-electron chi connectivity index (χ1n) is 8.03. The summed E-state index contributed by atoms with van der Waals surface area (Å²) in [6.45, 7) is 0. The average Bonchev–Trinajstić information content (AvgIpc) is 3.31. The van der Waals surface area contributed by atoms with Gasteiger partial charge in [0.1, 0.15) is 5.01 Å². The van der Waals surface area contributed by atoms with Gasteiger partial charge in [0, 0.05) is 36.3 Å². The van der Waals surface area contributed by atoms with Crippen molar-refractivity contribution >= 4 is 17.6 Å². The zero-order valence-electron chi connectivity index (χ0n) is 12.9. The fourth-order valence-corrected chi connectivity index (χ4v) is 4.24. The van der Waals surface area contributed by atoms with Gasteiger partial charge in [-0.2, -0.15) is 5.10 Å². The van der Waals surface area contributed by atoms with E-state index in [1.807, 2.05) is 30.7 Å². The molecule has 1 aliphatic carbocycles. The van der Waals surface area contributed by atoms with E-state index in [9.17, 15) is 0 Å². The number of nitrogens with zero attached hydrogens (tertiary/aromatic N) is 4. The molecule has 0 amide bonds. The molecule has 3 aromatic rings. The predicted molar refractivity (Wildman–Crippen MR) is 94.8 cm³/mol. The summed E-state index contributed by atoms with van der Waals surface area (Å²) in [6.07, 6.45) is 9.75. The van der Waals surface area contributed by atoms with Crippen molar-refractivity contribution in [2.45, 2.75) is 18.9 Å². The molecule has 5 rings (SSSR count). The van der Waals surface area contributed by atoms with Gasteiger partial charge >= 0.3 is 0 Å². The third-order valence-electron chi connectivity index (χ3n) is 4.63. The van der Waals surface area contributed by atoms with Gasteiger partial charge < -0.3 is 5.43 Å². The van der Waals surface area contributed by atoms with Gasteiger partial charge in [0.15, 0.2) is 0 Å². The van der Waals surface area contributed by atoms with E-state index in [4.69, 9.17) is 4.98 Å². The lowest BCUT2D eigenvalue weighted by Crippen LogP contribution is -2.26. The number of hydrogen-bond donors (Lipinski definition) is 1. The van der Waals surface area contributed by atoms with Crippen LogP contribution in [0, 0.1) is 5.92 Å². The molecule has 0 aromatic carbocycles. The molecule has 3 aromatic heterocycles. The summed E-state index contributed by atoms with van der Waals surface area (Å²) in [5.74, 6) is 0.465. The second-order valence-electron chi connectivity index (χ2n) is 6.10. The average molecular weight is 333 g/mol. The molecule has 4 heterocycles. The Labute approximate surface area is 143 Å². The summed E-state index contributed by atoms with van der Waals surface area (Å²) in [7, 11) is 0. The Morgan fingerprint density at radius 1 is 1.17 bits per heavy atom. The summed E-state index contributed by atoms with van der Waals surface area (Å²) >= 11 is 1.65. The number of rotatable bonds is 2. The van der Waals surface area contributed by atoms with Gasteiger partial charge in [0.05, 0.1) is 22.3 Å². The molecule has 2 aliphatic rings. The molecule has 24 heavy (non-hydrogen) atoms. The van der Waals surface area contributed by atoms with Crippen LogP contribution in [-0.2, 0) is 6.42 Å². The molecule has 2 atom stereocenters. The molecule has 0 radical (unpaired) electrons. The van der Waals surface area contributed by atoms with Crippen LogP contribution < -0.4 is 5.43 Å². The summed E-state index contributed by atoms with van der Waals surface area (Å²) < 4.78 is 0. The first kappa shape index (κ1) is 13.8. The Morgan fingerprint density at radius 3 is 3.08 bits per heavy atom. The van der Waals surface area contributed by atoms with Gasteiger partial charge in [-0.15, -0.1) is 11.3 Å². The number of thiazole rings is 1. The molecule has 1 N–H and O–H groups in total. The van der Waals surface area contributed by atoms with E-state index in [0.717, 1.165) is 39.7 Å². The smallest absolute Gasteiger partial charge is 0.125 e. The molecule has 1 aliphatic heterocycles. The van der Waals surface area contributed by atoms with Crippen molar-refractivity contribution in [2.24, 2.45) is 11.0 Å². The minimum absolute atomic E-state index is 0.222. The SMILES string of the molecule is C1=NNC2c3nc(-c4cnc(-c5cccnc5)s4)ccc3CCC12. The number of fused-ring (bicyclic) bond motifs is 3. The third kappa shape index (κ3) is 2.22. The monoisotopic (exact) mass is 333 g/mol. The zero-order valence-corrected chi connectivity index (χ0v) is 13.7. The fraction of sp³-hybridized carbons (Fsp3) is 0.222. The van der Waals surface area contributed by atoms with Gasteiger partial charge in [-0.05, 0) is 36.6 Å². The van der Waals surface area contributed by atoms with Gasteiger partial charge in [-0.1, -0.05) is 6.07 Å². The second-order valence-corrected chi connectivity index (χ2v) is 7.13. The van der Waals surface area contributed by atoms with E-state index in [1.165, 1.54) is 5.56 Å². The van der Waals surface area contributed by atoms with Crippen molar-refractivity contribution in [2.75, 3.05) is 0 Å². The van der Waals surface area contributed by atoms with Gasteiger partial charge in [-0.25, -0.2) is 9.97 Å². The van der Waals surface area contributed by atoms with Crippen molar-refractivity contribution in [3.8, 4) is 21.1 Å². The highest BCUT2D eigenvalue weighted by Gasteiger charge is 2.32. The van der Waals surface area contributed by atoms with Crippen LogP contribution in [-0.4, -0.2) is 21.2 Å². The summed E-state index contributed by atoms with van der Waals surface area (Å²) in [5.41, 5.74) is 7.70. The van der Waals surface area contributed by atoms with Crippen LogP contribution in [0.5, 0.6) is 0 Å². The topological polar surface area (TPSA) is 63.1 Å². The highest BCUT2D eigenvalue weighted by Crippen LogP contribution is 2.37. The number of hydrogen-bond acceptors (Lipinski definition) is 6. The number of nitrogens with one attached hydrogen (secondary N) is 1. The maximum Gasteiger partial charge on any atom is 0.125 e. The van der Waals surface area contributed by atoms with Crippen molar-refractivity contribution in [1.82, 2.24) is 20.4 Å². The molecule has 0 bridgehead atoms. The van der Waals surface area contributed by atoms with E-state index >= 15 is 0 Å².